The molecular weight excluding hydrogens is 347 g/mol. The number of benzene rings is 2. The second-order valence-corrected chi connectivity index (χ2v) is 7.75. The van der Waals surface area contributed by atoms with Gasteiger partial charge in [0, 0.05) is 4.90 Å². The van der Waals surface area contributed by atoms with Gasteiger partial charge in [0.15, 0.2) is 0 Å². The van der Waals surface area contributed by atoms with Crippen molar-refractivity contribution in [3.05, 3.63) is 42.5 Å². The first-order valence-electron chi connectivity index (χ1n) is 8.45. The minimum absolute atomic E-state index is 0.296. The molecule has 0 radical (unpaired) electrons. The monoisotopic (exact) mass is 367 g/mol. The van der Waals surface area contributed by atoms with E-state index in [1.165, 1.54) is 0 Å². The molecular formula is C19H20F3NOS. The van der Waals surface area contributed by atoms with Crippen molar-refractivity contribution in [2.75, 3.05) is 5.75 Å². The van der Waals surface area contributed by atoms with Gasteiger partial charge in [-0.05, 0) is 29.7 Å². The van der Waals surface area contributed by atoms with Crippen LogP contribution >= 0.6 is 0 Å². The minimum atomic E-state index is -4.54. The van der Waals surface area contributed by atoms with Crippen LogP contribution in [0, 0.1) is 0 Å². The van der Waals surface area contributed by atoms with Gasteiger partial charge < -0.3 is 0 Å². The normalized spacial score (nSPS) is 18.4. The van der Waals surface area contributed by atoms with Gasteiger partial charge in [0.2, 0.25) is 0 Å². The van der Waals surface area contributed by atoms with E-state index in [0.29, 0.717) is 17.7 Å². The Morgan fingerprint density at radius 1 is 1.04 bits per heavy atom. The smallest absolute Gasteiger partial charge is 0.281 e. The van der Waals surface area contributed by atoms with Gasteiger partial charge in [-0.1, -0.05) is 55.7 Å². The Hall–Kier alpha value is -1.69. The van der Waals surface area contributed by atoms with Crippen molar-refractivity contribution in [3.63, 3.8) is 0 Å². The number of aliphatic imine (C=N–C) groups is 1. The lowest BCUT2D eigenvalue weighted by atomic mass is 9.96. The predicted octanol–water partition coefficient (Wildman–Crippen LogP) is 5.28. The van der Waals surface area contributed by atoms with Crippen molar-refractivity contribution in [1.82, 2.24) is 0 Å². The summed E-state index contributed by atoms with van der Waals surface area (Å²) in [6.45, 7) is 0. The molecule has 0 saturated heterocycles. The molecule has 1 aliphatic rings. The highest BCUT2D eigenvalue weighted by Gasteiger charge is 2.37. The average Bonchev–Trinajstić information content (AvgIpc) is 2.60. The Morgan fingerprint density at radius 3 is 2.44 bits per heavy atom. The molecule has 0 amide bonds. The number of hydrogen-bond acceptors (Lipinski definition) is 2. The molecule has 0 N–H and O–H groups in total. The third-order valence-corrected chi connectivity index (χ3v) is 5.89. The highest BCUT2D eigenvalue weighted by atomic mass is 32.2. The van der Waals surface area contributed by atoms with Crippen LogP contribution in [0.1, 0.15) is 32.1 Å². The first kappa shape index (κ1) is 18.1. The zero-order chi connectivity index (χ0) is 17.9. The predicted molar refractivity (Wildman–Crippen MR) is 95.6 cm³/mol. The van der Waals surface area contributed by atoms with Crippen LogP contribution in [0.3, 0.4) is 0 Å². The standard InChI is InChI=1S/C19H20F3NOS/c20-19(21,22)18(23-15-9-2-1-3-10-15)13-25(24)17-12-6-8-14-7-4-5-11-16(14)17/h4-8,11-12,15H,1-3,9-10,13H2. The van der Waals surface area contributed by atoms with Crippen molar-refractivity contribution < 1.29 is 17.4 Å². The number of nitrogens with zero attached hydrogens (tertiary/aromatic N) is 1. The largest absolute Gasteiger partial charge is 0.429 e. The van der Waals surface area contributed by atoms with Crippen molar-refractivity contribution in [1.29, 1.82) is 0 Å². The van der Waals surface area contributed by atoms with Gasteiger partial charge in [-0.25, -0.2) is 0 Å². The van der Waals surface area contributed by atoms with Crippen LogP contribution in [0.25, 0.3) is 10.8 Å². The summed E-state index contributed by atoms with van der Waals surface area (Å²) in [6, 6.07) is 12.2. The molecule has 1 unspecified atom stereocenters. The Labute approximate surface area is 147 Å². The molecule has 0 spiro atoms. The average molecular weight is 367 g/mol. The Bertz CT molecular complexity index is 789. The van der Waals surface area contributed by atoms with Crippen molar-refractivity contribution in [2.45, 2.75) is 49.2 Å². The second kappa shape index (κ2) is 7.68. The zero-order valence-electron chi connectivity index (χ0n) is 13.8. The molecule has 25 heavy (non-hydrogen) atoms. The number of alkyl halides is 3. The zero-order valence-corrected chi connectivity index (χ0v) is 14.6. The molecule has 0 heterocycles. The third-order valence-electron chi connectivity index (χ3n) is 4.50. The van der Waals surface area contributed by atoms with Crippen molar-refractivity contribution in [3.8, 4) is 0 Å². The van der Waals surface area contributed by atoms with Crippen LogP contribution in [0.15, 0.2) is 52.4 Å². The fourth-order valence-electron chi connectivity index (χ4n) is 3.22. The number of rotatable bonds is 4. The van der Waals surface area contributed by atoms with Crippen molar-refractivity contribution >= 4 is 27.3 Å². The molecule has 0 aromatic heterocycles. The van der Waals surface area contributed by atoms with E-state index >= 15 is 0 Å². The maximum absolute atomic E-state index is 13.4. The number of hydrogen-bond donors (Lipinski definition) is 0. The number of halogens is 3. The van der Waals surface area contributed by atoms with E-state index in [1.54, 1.807) is 24.3 Å². The molecule has 3 rings (SSSR count). The summed E-state index contributed by atoms with van der Waals surface area (Å²) in [5, 5.41) is 1.59. The Balaban J connectivity index is 1.88. The third kappa shape index (κ3) is 4.48. The van der Waals surface area contributed by atoms with E-state index in [4.69, 9.17) is 0 Å². The van der Waals surface area contributed by atoms with Gasteiger partial charge in [0.1, 0.15) is 5.71 Å². The maximum Gasteiger partial charge on any atom is 0.429 e. The quantitative estimate of drug-likeness (QED) is 0.676. The van der Waals surface area contributed by atoms with Crippen LogP contribution in [0.4, 0.5) is 13.2 Å². The summed E-state index contributed by atoms with van der Waals surface area (Å²) in [6.07, 6.45) is -0.314. The minimum Gasteiger partial charge on any atom is -0.281 e. The molecule has 2 aromatic rings. The summed E-state index contributed by atoms with van der Waals surface area (Å²) < 4.78 is 52.9. The maximum atomic E-state index is 13.4. The van der Waals surface area contributed by atoms with E-state index in [2.05, 4.69) is 4.99 Å². The summed E-state index contributed by atoms with van der Waals surface area (Å²) in [4.78, 5) is 4.38. The van der Waals surface area contributed by atoms with Gasteiger partial charge in [0.05, 0.1) is 22.6 Å². The van der Waals surface area contributed by atoms with Crippen LogP contribution in [-0.4, -0.2) is 27.9 Å². The summed E-state index contributed by atoms with van der Waals surface area (Å²) >= 11 is 0. The van der Waals surface area contributed by atoms with Gasteiger partial charge in [0.25, 0.3) is 0 Å². The molecule has 0 aliphatic heterocycles. The molecule has 2 nitrogen and oxygen atoms in total. The molecule has 6 heteroatoms. The van der Waals surface area contributed by atoms with Crippen LogP contribution in [0.5, 0.6) is 0 Å². The van der Waals surface area contributed by atoms with Gasteiger partial charge in [-0.15, -0.1) is 0 Å². The molecule has 1 saturated carbocycles. The van der Waals surface area contributed by atoms with Crippen LogP contribution in [-0.2, 0) is 10.8 Å². The SMILES string of the molecule is O=S(CC(=NC1CCCCC1)C(F)(F)F)c1cccc2ccccc12. The fourth-order valence-corrected chi connectivity index (χ4v) is 4.52. The van der Waals surface area contributed by atoms with Gasteiger partial charge >= 0.3 is 6.18 Å². The molecule has 1 atom stereocenters. The van der Waals surface area contributed by atoms with Gasteiger partial charge in [-0.3, -0.25) is 9.20 Å². The highest BCUT2D eigenvalue weighted by Crippen LogP contribution is 2.27. The van der Waals surface area contributed by atoms with E-state index in [0.717, 1.165) is 30.0 Å². The van der Waals surface area contributed by atoms with E-state index in [1.807, 2.05) is 18.2 Å². The van der Waals surface area contributed by atoms with Crippen LogP contribution < -0.4 is 0 Å². The molecule has 2 aromatic carbocycles. The van der Waals surface area contributed by atoms with E-state index in [-0.39, 0.29) is 6.04 Å². The first-order valence-corrected chi connectivity index (χ1v) is 9.77. The number of fused-ring (bicyclic) bond motifs is 1. The van der Waals surface area contributed by atoms with Gasteiger partial charge in [-0.2, -0.15) is 13.2 Å². The topological polar surface area (TPSA) is 29.4 Å². The van der Waals surface area contributed by atoms with Crippen molar-refractivity contribution in [2.24, 2.45) is 4.99 Å². The van der Waals surface area contributed by atoms with E-state index < -0.39 is 28.4 Å². The lowest BCUT2D eigenvalue weighted by molar-refractivity contribution is -0.0594. The second-order valence-electron chi connectivity index (χ2n) is 6.33. The Morgan fingerprint density at radius 2 is 1.72 bits per heavy atom. The first-order chi connectivity index (χ1) is 11.9. The lowest BCUT2D eigenvalue weighted by Gasteiger charge is -2.20. The van der Waals surface area contributed by atoms with Crippen LogP contribution in [0.2, 0.25) is 0 Å². The summed E-state index contributed by atoms with van der Waals surface area (Å²) in [7, 11) is -1.79. The van der Waals surface area contributed by atoms with E-state index in [9.17, 15) is 17.4 Å². The highest BCUT2D eigenvalue weighted by molar-refractivity contribution is 7.86. The molecule has 0 bridgehead atoms. The summed E-state index contributed by atoms with van der Waals surface area (Å²) in [5.74, 6) is -0.589. The molecule has 1 fully saturated rings. The Kier molecular flexibility index (Phi) is 5.57. The molecule has 1 aliphatic carbocycles. The molecule has 134 valence electrons. The fraction of sp³-hybridized carbons (Fsp3) is 0.421. The summed E-state index contributed by atoms with van der Waals surface area (Å²) in [5.41, 5.74) is -0.898. The lowest BCUT2D eigenvalue weighted by Crippen LogP contribution is -2.30.